The fraction of sp³-hybridized carbons (Fsp3) is 0.217. The Bertz CT molecular complexity index is 1180. The van der Waals surface area contributed by atoms with Gasteiger partial charge in [-0.25, -0.2) is 0 Å². The molecule has 5 rings (SSSR count). The Kier molecular flexibility index (Phi) is 4.36. The number of fused-ring (bicyclic) bond motifs is 2. The van der Waals surface area contributed by atoms with E-state index in [2.05, 4.69) is 21.2 Å². The summed E-state index contributed by atoms with van der Waals surface area (Å²) in [6.07, 6.45) is -4.50. The zero-order valence-corrected chi connectivity index (χ0v) is 16.1. The molecule has 2 aromatic carbocycles. The summed E-state index contributed by atoms with van der Waals surface area (Å²) < 4.78 is 44.4. The zero-order chi connectivity index (χ0) is 20.9. The molecular weight excluding hydrogens is 391 g/mol. The van der Waals surface area contributed by atoms with Gasteiger partial charge in [0.15, 0.2) is 5.69 Å². The van der Waals surface area contributed by atoms with E-state index < -0.39 is 11.9 Å². The SMILES string of the molecule is CN1Cc2cc(-c3ccc(C(F)(F)F)nn3)ccc2C(c2cc3ccccc3o2)C1. The fourth-order valence-corrected chi connectivity index (χ4v) is 4.06. The van der Waals surface area contributed by atoms with E-state index in [1.807, 2.05) is 49.5 Å². The number of hydrogen-bond acceptors (Lipinski definition) is 4. The van der Waals surface area contributed by atoms with Gasteiger partial charge in [-0.2, -0.15) is 13.2 Å². The minimum atomic E-state index is -4.50. The third-order valence-electron chi connectivity index (χ3n) is 5.49. The number of halogens is 3. The number of likely N-dealkylation sites (N-methyl/N-ethyl adjacent to an activating group) is 1. The van der Waals surface area contributed by atoms with E-state index in [0.717, 1.165) is 52.6 Å². The fourth-order valence-electron chi connectivity index (χ4n) is 4.06. The summed E-state index contributed by atoms with van der Waals surface area (Å²) in [5.74, 6) is 0.991. The molecule has 4 aromatic rings. The van der Waals surface area contributed by atoms with Crippen molar-refractivity contribution >= 4 is 11.0 Å². The molecule has 0 radical (unpaired) electrons. The molecule has 4 nitrogen and oxygen atoms in total. The molecule has 30 heavy (non-hydrogen) atoms. The molecule has 0 amide bonds. The first-order chi connectivity index (χ1) is 14.4. The number of rotatable bonds is 2. The summed E-state index contributed by atoms with van der Waals surface area (Å²) >= 11 is 0. The van der Waals surface area contributed by atoms with Crippen LogP contribution in [-0.2, 0) is 12.7 Å². The molecule has 0 spiro atoms. The van der Waals surface area contributed by atoms with Crippen molar-refractivity contribution in [1.82, 2.24) is 15.1 Å². The summed E-state index contributed by atoms with van der Waals surface area (Å²) in [7, 11) is 2.04. The Morgan fingerprint density at radius 1 is 1.00 bits per heavy atom. The molecule has 0 bridgehead atoms. The summed E-state index contributed by atoms with van der Waals surface area (Å²) in [4.78, 5) is 2.21. The van der Waals surface area contributed by atoms with Crippen LogP contribution in [0.2, 0.25) is 0 Å². The zero-order valence-electron chi connectivity index (χ0n) is 16.1. The highest BCUT2D eigenvalue weighted by Gasteiger charge is 2.33. The second kappa shape index (κ2) is 6.95. The molecule has 0 saturated carbocycles. The first-order valence-corrected chi connectivity index (χ1v) is 9.59. The standard InChI is InChI=1S/C23H18F3N3O/c1-29-12-16-10-14(19-8-9-22(28-27-19)23(24,25)26)6-7-17(16)18(13-29)21-11-15-4-2-3-5-20(15)30-21/h2-11,18H,12-13H2,1H3. The van der Waals surface area contributed by atoms with Crippen LogP contribution < -0.4 is 0 Å². The number of hydrogen-bond donors (Lipinski definition) is 0. The van der Waals surface area contributed by atoms with Crippen molar-refractivity contribution in [2.75, 3.05) is 13.6 Å². The van der Waals surface area contributed by atoms with Gasteiger partial charge < -0.3 is 9.32 Å². The van der Waals surface area contributed by atoms with Crippen molar-refractivity contribution in [3.8, 4) is 11.3 Å². The Morgan fingerprint density at radius 3 is 2.57 bits per heavy atom. The van der Waals surface area contributed by atoms with Crippen LogP contribution in [0, 0.1) is 0 Å². The van der Waals surface area contributed by atoms with Gasteiger partial charge in [0.05, 0.1) is 11.6 Å². The molecule has 1 unspecified atom stereocenters. The Hall–Kier alpha value is -3.19. The van der Waals surface area contributed by atoms with Gasteiger partial charge in [-0.3, -0.25) is 0 Å². The molecule has 0 fully saturated rings. The Morgan fingerprint density at radius 2 is 1.83 bits per heavy atom. The molecule has 1 aliphatic rings. The average molecular weight is 409 g/mol. The topological polar surface area (TPSA) is 42.2 Å². The monoisotopic (exact) mass is 409 g/mol. The number of nitrogens with zero attached hydrogens (tertiary/aromatic N) is 3. The van der Waals surface area contributed by atoms with Crippen molar-refractivity contribution in [1.29, 1.82) is 0 Å². The third-order valence-corrected chi connectivity index (χ3v) is 5.49. The summed E-state index contributed by atoms with van der Waals surface area (Å²) in [6, 6.07) is 18.2. The highest BCUT2D eigenvalue weighted by Crippen LogP contribution is 2.37. The normalized spacial score (nSPS) is 17.3. The Balaban J connectivity index is 1.52. The summed E-state index contributed by atoms with van der Waals surface area (Å²) in [5.41, 5.74) is 3.30. The van der Waals surface area contributed by atoms with E-state index >= 15 is 0 Å². The van der Waals surface area contributed by atoms with Crippen molar-refractivity contribution in [2.45, 2.75) is 18.6 Å². The van der Waals surface area contributed by atoms with E-state index in [-0.39, 0.29) is 5.92 Å². The lowest BCUT2D eigenvalue weighted by molar-refractivity contribution is -0.141. The van der Waals surface area contributed by atoms with Crippen LogP contribution in [0.25, 0.3) is 22.2 Å². The number of alkyl halides is 3. The van der Waals surface area contributed by atoms with Gasteiger partial charge in [0, 0.05) is 24.0 Å². The van der Waals surface area contributed by atoms with E-state index in [9.17, 15) is 13.2 Å². The second-order valence-electron chi connectivity index (χ2n) is 7.65. The van der Waals surface area contributed by atoms with E-state index in [4.69, 9.17) is 4.42 Å². The molecule has 1 atom stereocenters. The number of benzene rings is 2. The van der Waals surface area contributed by atoms with Gasteiger partial charge >= 0.3 is 6.18 Å². The van der Waals surface area contributed by atoms with Crippen molar-refractivity contribution in [2.24, 2.45) is 0 Å². The van der Waals surface area contributed by atoms with Gasteiger partial charge in [-0.15, -0.1) is 10.2 Å². The van der Waals surface area contributed by atoms with Gasteiger partial charge in [0.2, 0.25) is 0 Å². The van der Waals surface area contributed by atoms with Crippen molar-refractivity contribution in [3.05, 3.63) is 83.2 Å². The smallest absolute Gasteiger partial charge is 0.435 e. The molecule has 0 aliphatic carbocycles. The lowest BCUT2D eigenvalue weighted by Crippen LogP contribution is -2.30. The van der Waals surface area contributed by atoms with E-state index in [0.29, 0.717) is 5.69 Å². The van der Waals surface area contributed by atoms with Crippen LogP contribution in [0.15, 0.2) is 65.1 Å². The van der Waals surface area contributed by atoms with Crippen LogP contribution in [0.1, 0.15) is 28.5 Å². The predicted octanol–water partition coefficient (Wildman–Crippen LogP) is 5.49. The van der Waals surface area contributed by atoms with Crippen LogP contribution in [0.4, 0.5) is 13.2 Å². The first kappa shape index (κ1) is 18.8. The summed E-state index contributed by atoms with van der Waals surface area (Å²) in [6.45, 7) is 1.57. The van der Waals surface area contributed by atoms with Crippen LogP contribution >= 0.6 is 0 Å². The first-order valence-electron chi connectivity index (χ1n) is 9.59. The maximum atomic E-state index is 12.8. The molecular formula is C23H18F3N3O. The number of para-hydroxylation sites is 1. The molecule has 1 aliphatic heterocycles. The van der Waals surface area contributed by atoms with Gasteiger partial charge in [0.25, 0.3) is 0 Å². The largest absolute Gasteiger partial charge is 0.460 e. The highest BCUT2D eigenvalue weighted by molar-refractivity contribution is 5.78. The minimum Gasteiger partial charge on any atom is -0.460 e. The molecule has 0 N–H and O–H groups in total. The molecule has 3 heterocycles. The molecule has 7 heteroatoms. The van der Waals surface area contributed by atoms with E-state index in [1.54, 1.807) is 0 Å². The van der Waals surface area contributed by atoms with Gasteiger partial charge in [-0.1, -0.05) is 30.3 Å². The third kappa shape index (κ3) is 3.35. The number of furan rings is 1. The highest BCUT2D eigenvalue weighted by atomic mass is 19.4. The van der Waals surface area contributed by atoms with Crippen LogP contribution in [0.3, 0.4) is 0 Å². The van der Waals surface area contributed by atoms with Crippen molar-refractivity contribution in [3.63, 3.8) is 0 Å². The maximum Gasteiger partial charge on any atom is 0.435 e. The van der Waals surface area contributed by atoms with Crippen molar-refractivity contribution < 1.29 is 17.6 Å². The van der Waals surface area contributed by atoms with Crippen LogP contribution in [-0.4, -0.2) is 28.7 Å². The number of aromatic nitrogens is 2. The van der Waals surface area contributed by atoms with Crippen LogP contribution in [0.5, 0.6) is 0 Å². The van der Waals surface area contributed by atoms with Gasteiger partial charge in [-0.05, 0) is 48.5 Å². The van der Waals surface area contributed by atoms with E-state index in [1.165, 1.54) is 6.07 Å². The van der Waals surface area contributed by atoms with Gasteiger partial charge in [0.1, 0.15) is 11.3 Å². The lowest BCUT2D eigenvalue weighted by atomic mass is 9.86. The molecule has 152 valence electrons. The molecule has 2 aromatic heterocycles. The molecule has 0 saturated heterocycles. The predicted molar refractivity (Wildman–Crippen MR) is 107 cm³/mol. The maximum absolute atomic E-state index is 12.8. The second-order valence-corrected chi connectivity index (χ2v) is 7.65. The lowest BCUT2D eigenvalue weighted by Gasteiger charge is -2.31. The average Bonchev–Trinajstić information content (AvgIpc) is 3.16. The summed E-state index contributed by atoms with van der Waals surface area (Å²) in [5, 5.41) is 8.20. The Labute approximate surface area is 171 Å². The quantitative estimate of drug-likeness (QED) is 0.439. The minimum absolute atomic E-state index is 0.0823.